The van der Waals surface area contributed by atoms with Gasteiger partial charge >= 0.3 is 0 Å². The molecule has 0 radical (unpaired) electrons. The molecule has 0 saturated heterocycles. The van der Waals surface area contributed by atoms with Gasteiger partial charge in [-0.1, -0.05) is 15.9 Å². The summed E-state index contributed by atoms with van der Waals surface area (Å²) in [5, 5.41) is 7.05. The molecule has 0 amide bonds. The standard InChI is InChI=1S/C8H9BrN2/c1-5-2-7(9)3-6(4-10)8(5)11/h2-4,10H,11H2,1H3. The molecule has 0 fully saturated rings. The van der Waals surface area contributed by atoms with E-state index in [1.54, 1.807) is 0 Å². The zero-order valence-corrected chi connectivity index (χ0v) is 7.77. The largest absolute Gasteiger partial charge is 0.398 e. The van der Waals surface area contributed by atoms with Crippen LogP contribution in [0.2, 0.25) is 0 Å². The molecule has 0 spiro atoms. The van der Waals surface area contributed by atoms with Crippen molar-refractivity contribution < 1.29 is 0 Å². The number of hydrogen-bond acceptors (Lipinski definition) is 2. The van der Waals surface area contributed by atoms with Gasteiger partial charge in [0.1, 0.15) is 0 Å². The Bertz CT molecular complexity index is 294. The van der Waals surface area contributed by atoms with Crippen LogP contribution < -0.4 is 5.73 Å². The van der Waals surface area contributed by atoms with Gasteiger partial charge in [-0.25, -0.2) is 0 Å². The quantitative estimate of drug-likeness (QED) is 0.545. The van der Waals surface area contributed by atoms with Crippen LogP contribution in [0, 0.1) is 12.3 Å². The Morgan fingerprint density at radius 1 is 1.55 bits per heavy atom. The number of halogens is 1. The van der Waals surface area contributed by atoms with Crippen LogP contribution in [-0.4, -0.2) is 6.21 Å². The lowest BCUT2D eigenvalue weighted by molar-refractivity contribution is 1.43. The van der Waals surface area contributed by atoms with Crippen molar-refractivity contribution in [1.29, 1.82) is 5.41 Å². The topological polar surface area (TPSA) is 49.9 Å². The molecule has 3 N–H and O–H groups in total. The molecule has 1 aromatic carbocycles. The molecular weight excluding hydrogens is 204 g/mol. The molecule has 1 aromatic rings. The molecule has 2 nitrogen and oxygen atoms in total. The highest BCUT2D eigenvalue weighted by atomic mass is 79.9. The third kappa shape index (κ3) is 1.60. The maximum absolute atomic E-state index is 7.05. The van der Waals surface area contributed by atoms with Crippen molar-refractivity contribution in [2.24, 2.45) is 0 Å². The molecule has 0 atom stereocenters. The maximum Gasteiger partial charge on any atom is 0.0433 e. The van der Waals surface area contributed by atoms with Gasteiger partial charge in [-0.15, -0.1) is 0 Å². The molecule has 0 aliphatic carbocycles. The van der Waals surface area contributed by atoms with E-state index in [1.807, 2.05) is 19.1 Å². The average Bonchev–Trinajstić information content (AvgIpc) is 1.96. The summed E-state index contributed by atoms with van der Waals surface area (Å²) in [6.07, 6.45) is 1.26. The van der Waals surface area contributed by atoms with E-state index in [1.165, 1.54) is 6.21 Å². The van der Waals surface area contributed by atoms with Crippen molar-refractivity contribution in [3.63, 3.8) is 0 Å². The van der Waals surface area contributed by atoms with E-state index in [0.29, 0.717) is 5.69 Å². The van der Waals surface area contributed by atoms with Gasteiger partial charge in [0.15, 0.2) is 0 Å². The molecule has 1 rings (SSSR count). The molecular formula is C8H9BrN2. The molecule has 58 valence electrons. The van der Waals surface area contributed by atoms with E-state index in [0.717, 1.165) is 15.6 Å². The van der Waals surface area contributed by atoms with E-state index in [9.17, 15) is 0 Å². The van der Waals surface area contributed by atoms with Gasteiger partial charge in [0.2, 0.25) is 0 Å². The van der Waals surface area contributed by atoms with Gasteiger partial charge < -0.3 is 11.1 Å². The third-order valence-corrected chi connectivity index (χ3v) is 2.00. The number of anilines is 1. The summed E-state index contributed by atoms with van der Waals surface area (Å²) < 4.78 is 0.961. The number of nitrogen functional groups attached to an aromatic ring is 1. The van der Waals surface area contributed by atoms with Crippen LogP contribution in [0.4, 0.5) is 5.69 Å². The fourth-order valence-corrected chi connectivity index (χ4v) is 1.49. The first-order chi connectivity index (χ1) is 5.15. The van der Waals surface area contributed by atoms with Crippen molar-refractivity contribution in [2.75, 3.05) is 5.73 Å². The summed E-state index contributed by atoms with van der Waals surface area (Å²) in [6, 6.07) is 3.76. The minimum atomic E-state index is 0.684. The summed E-state index contributed by atoms with van der Waals surface area (Å²) in [7, 11) is 0. The molecule has 0 unspecified atom stereocenters. The van der Waals surface area contributed by atoms with Crippen molar-refractivity contribution in [3.8, 4) is 0 Å². The Kier molecular flexibility index (Phi) is 2.29. The second-order valence-electron chi connectivity index (χ2n) is 2.37. The number of benzene rings is 1. The van der Waals surface area contributed by atoms with Crippen molar-refractivity contribution >= 4 is 27.8 Å². The van der Waals surface area contributed by atoms with Crippen molar-refractivity contribution in [2.45, 2.75) is 6.92 Å². The number of nitrogens with two attached hydrogens (primary N) is 1. The van der Waals surface area contributed by atoms with E-state index in [4.69, 9.17) is 11.1 Å². The Morgan fingerprint density at radius 3 is 2.73 bits per heavy atom. The van der Waals surface area contributed by atoms with Gasteiger partial charge in [-0.05, 0) is 24.6 Å². The van der Waals surface area contributed by atoms with Crippen molar-refractivity contribution in [3.05, 3.63) is 27.7 Å². The van der Waals surface area contributed by atoms with Gasteiger partial charge in [0.05, 0.1) is 0 Å². The monoisotopic (exact) mass is 212 g/mol. The molecule has 0 saturated carbocycles. The Balaban J connectivity index is 3.35. The fourth-order valence-electron chi connectivity index (χ4n) is 0.900. The van der Waals surface area contributed by atoms with Gasteiger partial charge in [-0.3, -0.25) is 0 Å². The molecule has 0 aliphatic rings. The second-order valence-corrected chi connectivity index (χ2v) is 3.29. The van der Waals surface area contributed by atoms with Gasteiger partial charge in [0.25, 0.3) is 0 Å². The Labute approximate surface area is 74.1 Å². The SMILES string of the molecule is Cc1cc(Br)cc(C=N)c1N. The Hall–Kier alpha value is -0.830. The zero-order chi connectivity index (χ0) is 8.43. The molecule has 0 bridgehead atoms. The molecule has 0 heterocycles. The smallest absolute Gasteiger partial charge is 0.0433 e. The fraction of sp³-hybridized carbons (Fsp3) is 0.125. The molecule has 11 heavy (non-hydrogen) atoms. The third-order valence-electron chi connectivity index (χ3n) is 1.54. The minimum Gasteiger partial charge on any atom is -0.398 e. The summed E-state index contributed by atoms with van der Waals surface area (Å²) in [5.41, 5.74) is 8.13. The zero-order valence-electron chi connectivity index (χ0n) is 6.19. The second kappa shape index (κ2) is 3.05. The maximum atomic E-state index is 7.05. The first-order valence-corrected chi connectivity index (χ1v) is 4.00. The highest BCUT2D eigenvalue weighted by molar-refractivity contribution is 9.10. The van der Waals surface area contributed by atoms with E-state index < -0.39 is 0 Å². The van der Waals surface area contributed by atoms with E-state index >= 15 is 0 Å². The summed E-state index contributed by atoms with van der Waals surface area (Å²) >= 11 is 3.33. The van der Waals surface area contributed by atoms with Crippen LogP contribution in [0.1, 0.15) is 11.1 Å². The summed E-state index contributed by atoms with van der Waals surface area (Å²) in [6.45, 7) is 1.92. The lowest BCUT2D eigenvalue weighted by Gasteiger charge is -2.03. The van der Waals surface area contributed by atoms with E-state index in [-0.39, 0.29) is 0 Å². The van der Waals surface area contributed by atoms with Crippen LogP contribution in [0.5, 0.6) is 0 Å². The summed E-state index contributed by atoms with van der Waals surface area (Å²) in [4.78, 5) is 0. The predicted octanol–water partition coefficient (Wildman–Crippen LogP) is 2.34. The lowest BCUT2D eigenvalue weighted by atomic mass is 10.1. The summed E-state index contributed by atoms with van der Waals surface area (Å²) in [5.74, 6) is 0. The number of aryl methyl sites for hydroxylation is 1. The number of hydrogen-bond donors (Lipinski definition) is 2. The number of nitrogens with one attached hydrogen (secondary N) is 1. The normalized spacial score (nSPS) is 9.64. The Morgan fingerprint density at radius 2 is 2.18 bits per heavy atom. The van der Waals surface area contributed by atoms with Crippen LogP contribution in [-0.2, 0) is 0 Å². The van der Waals surface area contributed by atoms with Crippen LogP contribution >= 0.6 is 15.9 Å². The van der Waals surface area contributed by atoms with Gasteiger partial charge in [-0.2, -0.15) is 0 Å². The molecule has 3 heteroatoms. The predicted molar refractivity (Wildman–Crippen MR) is 51.2 cm³/mol. The van der Waals surface area contributed by atoms with Crippen LogP contribution in [0.25, 0.3) is 0 Å². The van der Waals surface area contributed by atoms with Gasteiger partial charge in [0, 0.05) is 21.9 Å². The van der Waals surface area contributed by atoms with Crippen molar-refractivity contribution in [1.82, 2.24) is 0 Å². The van der Waals surface area contributed by atoms with E-state index in [2.05, 4.69) is 15.9 Å². The number of rotatable bonds is 1. The average molecular weight is 213 g/mol. The minimum absolute atomic E-state index is 0.684. The molecule has 0 aliphatic heterocycles. The van der Waals surface area contributed by atoms with Crippen LogP contribution in [0.15, 0.2) is 16.6 Å². The molecule has 0 aromatic heterocycles. The highest BCUT2D eigenvalue weighted by Crippen LogP contribution is 2.21. The lowest BCUT2D eigenvalue weighted by Crippen LogP contribution is -1.95. The highest BCUT2D eigenvalue weighted by Gasteiger charge is 2.00. The van der Waals surface area contributed by atoms with Crippen LogP contribution in [0.3, 0.4) is 0 Å². The first kappa shape index (κ1) is 8.27. The first-order valence-electron chi connectivity index (χ1n) is 3.21.